The Morgan fingerprint density at radius 1 is 1.32 bits per heavy atom. The van der Waals surface area contributed by atoms with E-state index in [1.165, 1.54) is 17.7 Å². The van der Waals surface area contributed by atoms with Gasteiger partial charge >= 0.3 is 5.69 Å². The van der Waals surface area contributed by atoms with Gasteiger partial charge in [-0.15, -0.1) is 0 Å². The molecule has 3 aromatic rings. The van der Waals surface area contributed by atoms with Crippen molar-refractivity contribution in [3.8, 4) is 0 Å². The number of halogens is 1. The number of rotatable bonds is 5. The lowest BCUT2D eigenvalue weighted by Gasteiger charge is -2.35. The predicted octanol–water partition coefficient (Wildman–Crippen LogP) is 1.12. The first-order chi connectivity index (χ1) is 14.8. The van der Waals surface area contributed by atoms with Gasteiger partial charge < -0.3 is 15.2 Å². The number of benzene rings is 1. The Balaban J connectivity index is 1.38. The lowest BCUT2D eigenvalue weighted by Crippen LogP contribution is -2.48. The second-order valence-corrected chi connectivity index (χ2v) is 8.01. The van der Waals surface area contributed by atoms with Crippen LogP contribution in [0.3, 0.4) is 0 Å². The van der Waals surface area contributed by atoms with E-state index >= 15 is 0 Å². The number of piperidine rings is 1. The summed E-state index contributed by atoms with van der Waals surface area (Å²) in [5.74, 6) is 0.0654. The maximum atomic E-state index is 14.2. The van der Waals surface area contributed by atoms with E-state index in [-0.39, 0.29) is 35.4 Å². The summed E-state index contributed by atoms with van der Waals surface area (Å²) >= 11 is 0. The van der Waals surface area contributed by atoms with Crippen LogP contribution in [0.15, 0.2) is 27.8 Å². The van der Waals surface area contributed by atoms with Crippen LogP contribution in [-0.4, -0.2) is 44.6 Å². The summed E-state index contributed by atoms with van der Waals surface area (Å²) in [4.78, 5) is 47.4. The first-order valence-corrected chi connectivity index (χ1v) is 10.3. The third kappa shape index (κ3) is 4.37. The number of nitrogens with zero attached hydrogens (tertiary/aromatic N) is 3. The van der Waals surface area contributed by atoms with Crippen LogP contribution in [0.4, 0.5) is 10.1 Å². The number of carbonyl (C=O) groups excluding carboxylic acids is 1. The van der Waals surface area contributed by atoms with Crippen molar-refractivity contribution < 1.29 is 9.18 Å². The molecule has 3 heterocycles. The van der Waals surface area contributed by atoms with Crippen molar-refractivity contribution in [3.63, 3.8) is 0 Å². The molecular weight excluding hydrogens is 403 g/mol. The molecule has 0 spiro atoms. The van der Waals surface area contributed by atoms with E-state index in [4.69, 9.17) is 0 Å². The van der Waals surface area contributed by atoms with E-state index in [0.717, 1.165) is 24.9 Å². The van der Waals surface area contributed by atoms with Crippen molar-refractivity contribution in [1.82, 2.24) is 24.8 Å². The Bertz CT molecular complexity index is 1240. The van der Waals surface area contributed by atoms with Gasteiger partial charge in [-0.2, -0.15) is 0 Å². The highest BCUT2D eigenvalue weighted by molar-refractivity contribution is 5.77. The van der Waals surface area contributed by atoms with E-state index in [9.17, 15) is 18.8 Å². The Hall–Kier alpha value is -3.43. The number of fused-ring (bicyclic) bond motifs is 1. The van der Waals surface area contributed by atoms with Crippen LogP contribution in [0.25, 0.3) is 11.2 Å². The number of aromatic amines is 2. The van der Waals surface area contributed by atoms with Crippen LogP contribution in [0.5, 0.6) is 0 Å². The van der Waals surface area contributed by atoms with Gasteiger partial charge in [0.1, 0.15) is 17.2 Å². The van der Waals surface area contributed by atoms with E-state index in [2.05, 4.69) is 20.3 Å². The normalized spacial score (nSPS) is 16.6. The van der Waals surface area contributed by atoms with E-state index < -0.39 is 11.2 Å². The minimum absolute atomic E-state index is 0.0690. The molecule has 0 bridgehead atoms. The fraction of sp³-hybridized carbons (Fsp3) is 0.429. The van der Waals surface area contributed by atoms with Crippen LogP contribution < -0.4 is 21.5 Å². The zero-order chi connectivity index (χ0) is 22.1. The summed E-state index contributed by atoms with van der Waals surface area (Å²) in [6.07, 6.45) is 2.18. The molecule has 9 nitrogen and oxygen atoms in total. The van der Waals surface area contributed by atoms with Gasteiger partial charge in [0, 0.05) is 39.0 Å². The average Bonchev–Trinajstić information content (AvgIpc) is 3.18. The Labute approximate surface area is 177 Å². The van der Waals surface area contributed by atoms with E-state index in [0.29, 0.717) is 24.5 Å². The lowest BCUT2D eigenvalue weighted by atomic mass is 10.0. The van der Waals surface area contributed by atoms with Crippen molar-refractivity contribution in [1.29, 1.82) is 0 Å². The fourth-order valence-corrected chi connectivity index (χ4v) is 3.98. The van der Waals surface area contributed by atoms with Gasteiger partial charge in [0.05, 0.1) is 5.69 Å². The molecule has 0 aliphatic carbocycles. The van der Waals surface area contributed by atoms with Crippen LogP contribution in [-0.2, 0) is 18.3 Å². The maximum absolute atomic E-state index is 14.2. The number of amides is 1. The third-order valence-electron chi connectivity index (χ3n) is 5.62. The van der Waals surface area contributed by atoms with Crippen molar-refractivity contribution >= 4 is 22.8 Å². The molecular formula is C21H25FN6O3. The zero-order valence-corrected chi connectivity index (χ0v) is 17.5. The van der Waals surface area contributed by atoms with Crippen LogP contribution in [0, 0.1) is 12.7 Å². The topological polar surface area (TPSA) is 116 Å². The Morgan fingerprint density at radius 3 is 2.94 bits per heavy atom. The summed E-state index contributed by atoms with van der Waals surface area (Å²) in [5, 5.41) is 3.02. The van der Waals surface area contributed by atoms with Crippen molar-refractivity contribution in [2.45, 2.75) is 38.6 Å². The number of hydrogen-bond acceptors (Lipinski definition) is 5. The number of nitrogens with one attached hydrogen (secondary N) is 3. The Kier molecular flexibility index (Phi) is 5.62. The van der Waals surface area contributed by atoms with Gasteiger partial charge in [0.25, 0.3) is 5.56 Å². The lowest BCUT2D eigenvalue weighted by molar-refractivity contribution is -0.121. The molecule has 1 saturated heterocycles. The SMILES string of the molecule is Cc1ccc(F)c(N2CCCC(NC(=O)CCc3nc4c([nH]3)c(=O)[nH]c(=O)n4C)C2)c1. The first kappa shape index (κ1) is 20.8. The second-order valence-electron chi connectivity index (χ2n) is 8.01. The van der Waals surface area contributed by atoms with Crippen molar-refractivity contribution in [3.05, 3.63) is 56.2 Å². The van der Waals surface area contributed by atoms with E-state index in [1.54, 1.807) is 6.07 Å². The molecule has 31 heavy (non-hydrogen) atoms. The standard InChI is InChI=1S/C21H25FN6O3/c1-12-5-6-14(22)15(10-12)28-9-3-4-13(11-28)23-17(29)8-7-16-24-18-19(25-16)27(2)21(31)26-20(18)30/h5-6,10,13H,3-4,7-9,11H2,1-2H3,(H,23,29)(H,24,25)(H,26,30,31). The molecule has 1 fully saturated rings. The Morgan fingerprint density at radius 2 is 2.13 bits per heavy atom. The van der Waals surface area contributed by atoms with Crippen molar-refractivity contribution in [2.75, 3.05) is 18.0 Å². The zero-order valence-electron chi connectivity index (χ0n) is 17.5. The van der Waals surface area contributed by atoms with Gasteiger partial charge in [0.15, 0.2) is 5.65 Å². The highest BCUT2D eigenvalue weighted by Crippen LogP contribution is 2.24. The molecule has 10 heteroatoms. The molecule has 3 N–H and O–H groups in total. The van der Waals surface area contributed by atoms with Gasteiger partial charge in [-0.25, -0.2) is 14.2 Å². The number of carbonyl (C=O) groups is 1. The molecule has 1 amide bonds. The molecule has 0 saturated carbocycles. The van der Waals surface area contributed by atoms with Crippen LogP contribution in [0.2, 0.25) is 0 Å². The molecule has 1 atom stereocenters. The summed E-state index contributed by atoms with van der Waals surface area (Å²) in [7, 11) is 1.52. The molecule has 0 radical (unpaired) electrons. The fourth-order valence-electron chi connectivity index (χ4n) is 3.98. The molecule has 1 aromatic carbocycles. The smallest absolute Gasteiger partial charge is 0.329 e. The minimum atomic E-state index is -0.541. The molecule has 1 unspecified atom stereocenters. The maximum Gasteiger partial charge on any atom is 0.329 e. The summed E-state index contributed by atoms with van der Waals surface area (Å²) in [5.41, 5.74) is 0.946. The molecule has 2 aromatic heterocycles. The van der Waals surface area contributed by atoms with Crippen molar-refractivity contribution in [2.24, 2.45) is 7.05 Å². The number of imidazole rings is 1. The summed E-state index contributed by atoms with van der Waals surface area (Å²) in [6, 6.07) is 4.98. The predicted molar refractivity (Wildman–Crippen MR) is 115 cm³/mol. The van der Waals surface area contributed by atoms with Gasteiger partial charge in [0.2, 0.25) is 5.91 Å². The molecule has 164 valence electrons. The number of aryl methyl sites for hydroxylation is 3. The van der Waals surface area contributed by atoms with Gasteiger partial charge in [-0.1, -0.05) is 6.07 Å². The minimum Gasteiger partial charge on any atom is -0.367 e. The first-order valence-electron chi connectivity index (χ1n) is 10.3. The highest BCUT2D eigenvalue weighted by Gasteiger charge is 2.23. The number of H-pyrrole nitrogens is 2. The average molecular weight is 428 g/mol. The molecule has 4 rings (SSSR count). The summed E-state index contributed by atoms with van der Waals surface area (Å²) in [6.45, 7) is 3.23. The van der Waals surface area contributed by atoms with Gasteiger partial charge in [-0.05, 0) is 37.5 Å². The highest BCUT2D eigenvalue weighted by atomic mass is 19.1. The van der Waals surface area contributed by atoms with Gasteiger partial charge in [-0.3, -0.25) is 19.1 Å². The molecule has 1 aliphatic heterocycles. The number of aromatic nitrogens is 4. The summed E-state index contributed by atoms with van der Waals surface area (Å²) < 4.78 is 15.5. The number of hydrogen-bond donors (Lipinski definition) is 3. The largest absolute Gasteiger partial charge is 0.367 e. The second kappa shape index (κ2) is 8.37. The molecule has 1 aliphatic rings. The third-order valence-corrected chi connectivity index (χ3v) is 5.62. The van der Waals surface area contributed by atoms with Crippen LogP contribution in [0.1, 0.15) is 30.7 Å². The number of anilines is 1. The quantitative estimate of drug-likeness (QED) is 0.563. The monoisotopic (exact) mass is 428 g/mol. The van der Waals surface area contributed by atoms with E-state index in [1.807, 2.05) is 17.9 Å². The van der Waals surface area contributed by atoms with Crippen LogP contribution >= 0.6 is 0 Å².